The molecule has 0 fully saturated rings. The number of allylic oxidation sites excluding steroid dienone is 2. The number of hydrogen-bond acceptors (Lipinski definition) is 9. The monoisotopic (exact) mass is 491 g/mol. The Balaban J connectivity index is 1.58. The number of aromatic nitrogens is 3. The van der Waals surface area contributed by atoms with E-state index in [1.54, 1.807) is 31.0 Å². The summed E-state index contributed by atoms with van der Waals surface area (Å²) < 4.78 is 18.0. The van der Waals surface area contributed by atoms with Crippen LogP contribution in [0, 0.1) is 0 Å². The molecule has 11 heteroatoms. The zero-order chi connectivity index (χ0) is 25.6. The number of rotatable bonds is 6. The van der Waals surface area contributed by atoms with E-state index < -0.39 is 12.0 Å². The predicted molar refractivity (Wildman–Crippen MR) is 130 cm³/mol. The number of ketones is 1. The van der Waals surface area contributed by atoms with Crippen LogP contribution in [0.5, 0.6) is 17.2 Å². The number of nitrogens with two attached hydrogens (primary N) is 1. The molecule has 2 atom stereocenters. The maximum absolute atomic E-state index is 13.6. The molecule has 186 valence electrons. The highest BCUT2D eigenvalue weighted by Crippen LogP contribution is 2.47. The maximum atomic E-state index is 13.6. The minimum Gasteiger partial charge on any atom is -0.493 e. The van der Waals surface area contributed by atoms with Gasteiger partial charge in [-0.1, -0.05) is 12.1 Å². The molecule has 3 aromatic rings. The van der Waals surface area contributed by atoms with Gasteiger partial charge in [-0.05, 0) is 47.7 Å². The van der Waals surface area contributed by atoms with E-state index >= 15 is 0 Å². The second kappa shape index (κ2) is 8.91. The molecule has 4 N–H and O–H groups in total. The van der Waals surface area contributed by atoms with Crippen molar-refractivity contribution < 1.29 is 28.9 Å². The molecular weight excluding hydrogens is 466 g/mol. The summed E-state index contributed by atoms with van der Waals surface area (Å²) in [5, 5.41) is 16.8. The first-order chi connectivity index (χ1) is 17.3. The van der Waals surface area contributed by atoms with Gasteiger partial charge in [-0.2, -0.15) is 4.98 Å². The third-order valence-electron chi connectivity index (χ3n) is 6.57. The molecule has 2 heterocycles. The van der Waals surface area contributed by atoms with Crippen molar-refractivity contribution in [2.24, 2.45) is 0 Å². The van der Waals surface area contributed by atoms with Crippen LogP contribution in [0.1, 0.15) is 46.3 Å². The molecule has 0 spiro atoms. The van der Waals surface area contributed by atoms with Gasteiger partial charge < -0.3 is 30.4 Å². The minimum atomic E-state index is -1.03. The number of nitrogens with zero attached hydrogens (tertiary/aromatic N) is 3. The summed E-state index contributed by atoms with van der Waals surface area (Å²) in [6.45, 7) is 0. The lowest BCUT2D eigenvalue weighted by Gasteiger charge is -2.35. The lowest BCUT2D eigenvalue weighted by molar-refractivity contribution is -0.116. The van der Waals surface area contributed by atoms with Crippen LogP contribution >= 0.6 is 0 Å². The summed E-state index contributed by atoms with van der Waals surface area (Å²) >= 11 is 0. The first-order valence-electron chi connectivity index (χ1n) is 11.2. The highest BCUT2D eigenvalue weighted by Gasteiger charge is 2.40. The molecule has 11 nitrogen and oxygen atoms in total. The van der Waals surface area contributed by atoms with E-state index in [1.165, 1.54) is 19.2 Å². The third-order valence-corrected chi connectivity index (χ3v) is 6.57. The Kier molecular flexibility index (Phi) is 5.75. The number of ether oxygens (including phenoxy) is 3. The molecule has 0 saturated heterocycles. The Morgan fingerprint density at radius 1 is 1.06 bits per heavy atom. The highest BCUT2D eigenvalue weighted by molar-refractivity contribution is 6.00. The van der Waals surface area contributed by atoms with Crippen molar-refractivity contribution >= 4 is 23.6 Å². The Hall–Kier alpha value is -4.54. The first kappa shape index (κ1) is 23.2. The van der Waals surface area contributed by atoms with Crippen molar-refractivity contribution in [2.45, 2.75) is 24.8 Å². The fraction of sp³-hybridized carbons (Fsp3) is 0.280. The predicted octanol–water partition coefficient (Wildman–Crippen LogP) is 3.00. The second-order valence-electron chi connectivity index (χ2n) is 8.57. The Labute approximate surface area is 206 Å². The van der Waals surface area contributed by atoms with Crippen LogP contribution < -0.4 is 25.3 Å². The topological polar surface area (TPSA) is 151 Å². The van der Waals surface area contributed by atoms with Crippen molar-refractivity contribution in [3.63, 3.8) is 0 Å². The van der Waals surface area contributed by atoms with Gasteiger partial charge in [0.25, 0.3) is 0 Å². The lowest BCUT2D eigenvalue weighted by Crippen LogP contribution is -2.33. The molecule has 5 rings (SSSR count). The molecule has 2 aliphatic rings. The number of nitrogens with one attached hydrogen (secondary N) is 1. The molecule has 2 aromatic carbocycles. The smallest absolute Gasteiger partial charge is 0.335 e. The average molecular weight is 492 g/mol. The van der Waals surface area contributed by atoms with Crippen molar-refractivity contribution in [2.75, 3.05) is 32.4 Å². The van der Waals surface area contributed by atoms with Crippen LogP contribution in [-0.4, -0.2) is 53.0 Å². The molecule has 1 aliphatic carbocycles. The van der Waals surface area contributed by atoms with Crippen LogP contribution in [-0.2, 0) is 4.79 Å². The summed E-state index contributed by atoms with van der Waals surface area (Å²) in [5.74, 6) is 0.748. The molecule has 0 amide bonds. The molecular formula is C25H25N5O6. The fourth-order valence-electron chi connectivity index (χ4n) is 4.92. The van der Waals surface area contributed by atoms with Crippen LogP contribution in [0.4, 0.5) is 11.9 Å². The summed E-state index contributed by atoms with van der Waals surface area (Å²) in [7, 11) is 4.64. The summed E-state index contributed by atoms with van der Waals surface area (Å²) in [5.41, 5.74) is 8.90. The number of benzene rings is 2. The van der Waals surface area contributed by atoms with E-state index in [1.807, 2.05) is 12.1 Å². The van der Waals surface area contributed by atoms with E-state index in [0.29, 0.717) is 40.8 Å². The molecule has 1 aliphatic heterocycles. The number of carbonyl (C=O) groups is 2. The van der Waals surface area contributed by atoms with Gasteiger partial charge >= 0.3 is 5.97 Å². The quantitative estimate of drug-likeness (QED) is 0.469. The Morgan fingerprint density at radius 2 is 1.72 bits per heavy atom. The standard InChI is InChI=1S/C25H25N5O6/c1-34-18-10-15(11-19(35-2)22(18)36-3)14-8-16-20(17(31)9-14)21(30-25(27-16)28-24(26)29-30)12-4-6-13(7-5-12)23(32)33/h4-7,10-11,14,21H,8-9H2,1-3H3,(H,32,33)(H3,26,27,28,29)/t14-,21+/m1/s1. The number of carboxylic acids is 1. The van der Waals surface area contributed by atoms with Gasteiger partial charge in [0.05, 0.1) is 26.9 Å². The molecule has 0 saturated carbocycles. The minimum absolute atomic E-state index is 0.0606. The molecule has 36 heavy (non-hydrogen) atoms. The van der Waals surface area contributed by atoms with Gasteiger partial charge in [0.15, 0.2) is 17.3 Å². The van der Waals surface area contributed by atoms with Gasteiger partial charge in [-0.3, -0.25) is 4.79 Å². The van der Waals surface area contributed by atoms with Crippen molar-refractivity contribution in [1.29, 1.82) is 0 Å². The number of hydrogen-bond donors (Lipinski definition) is 3. The number of aromatic carboxylic acids is 1. The molecule has 0 bridgehead atoms. The van der Waals surface area contributed by atoms with Crippen LogP contribution in [0.15, 0.2) is 47.7 Å². The zero-order valence-electron chi connectivity index (χ0n) is 19.9. The fourth-order valence-corrected chi connectivity index (χ4v) is 4.92. The van der Waals surface area contributed by atoms with Crippen molar-refractivity contribution in [3.8, 4) is 17.2 Å². The van der Waals surface area contributed by atoms with E-state index in [9.17, 15) is 14.7 Å². The highest BCUT2D eigenvalue weighted by atomic mass is 16.5. The Morgan fingerprint density at radius 3 is 2.31 bits per heavy atom. The van der Waals surface area contributed by atoms with E-state index in [-0.39, 0.29) is 29.6 Å². The summed E-state index contributed by atoms with van der Waals surface area (Å²) in [4.78, 5) is 29.3. The van der Waals surface area contributed by atoms with E-state index in [4.69, 9.17) is 19.9 Å². The van der Waals surface area contributed by atoms with Crippen LogP contribution in [0.3, 0.4) is 0 Å². The largest absolute Gasteiger partial charge is 0.493 e. The zero-order valence-corrected chi connectivity index (χ0v) is 19.9. The van der Waals surface area contributed by atoms with Gasteiger partial charge in [0.1, 0.15) is 6.04 Å². The number of nitrogen functional groups attached to an aromatic ring is 1. The van der Waals surface area contributed by atoms with E-state index in [0.717, 1.165) is 11.3 Å². The van der Waals surface area contributed by atoms with Gasteiger partial charge in [-0.25, -0.2) is 9.48 Å². The van der Waals surface area contributed by atoms with Crippen LogP contribution in [0.25, 0.3) is 0 Å². The summed E-state index contributed by atoms with van der Waals surface area (Å²) in [6, 6.07) is 9.51. The van der Waals surface area contributed by atoms with Gasteiger partial charge in [0.2, 0.25) is 17.6 Å². The number of fused-ring (bicyclic) bond motifs is 1. The second-order valence-corrected chi connectivity index (χ2v) is 8.57. The normalized spacial score (nSPS) is 18.7. The third kappa shape index (κ3) is 3.78. The van der Waals surface area contributed by atoms with Crippen molar-refractivity contribution in [1.82, 2.24) is 14.8 Å². The Bertz CT molecular complexity index is 1370. The van der Waals surface area contributed by atoms with E-state index in [2.05, 4.69) is 15.4 Å². The SMILES string of the molecule is COc1cc([C@H]2CC(=O)C3=C(C2)Nc2nc(N)nn2[C@H]3c2ccc(C(=O)O)cc2)cc(OC)c1OC. The molecule has 1 aromatic heterocycles. The maximum Gasteiger partial charge on any atom is 0.335 e. The number of Topliss-reactive ketones (excluding diaryl/α,β-unsaturated/α-hetero) is 1. The molecule has 0 unspecified atom stereocenters. The lowest BCUT2D eigenvalue weighted by atomic mass is 9.77. The van der Waals surface area contributed by atoms with Gasteiger partial charge in [0, 0.05) is 17.7 Å². The number of methoxy groups -OCH3 is 3. The summed E-state index contributed by atoms with van der Waals surface area (Å²) in [6.07, 6.45) is 0.776. The van der Waals surface area contributed by atoms with Crippen LogP contribution in [0.2, 0.25) is 0 Å². The average Bonchev–Trinajstić information content (AvgIpc) is 3.25. The number of carboxylic acid groups (broad SMARTS) is 1. The number of anilines is 2. The molecule has 0 radical (unpaired) electrons. The first-order valence-corrected chi connectivity index (χ1v) is 11.2. The number of carbonyl (C=O) groups excluding carboxylic acids is 1. The van der Waals surface area contributed by atoms with Crippen molar-refractivity contribution in [3.05, 3.63) is 64.4 Å². The van der Waals surface area contributed by atoms with Gasteiger partial charge in [-0.15, -0.1) is 5.10 Å².